The Hall–Kier alpha value is -2.12. The van der Waals surface area contributed by atoms with Gasteiger partial charge in [0, 0.05) is 19.6 Å². The van der Waals surface area contributed by atoms with E-state index in [0.29, 0.717) is 19.6 Å². The van der Waals surface area contributed by atoms with Crippen LogP contribution >= 0.6 is 0 Å². The lowest BCUT2D eigenvalue weighted by molar-refractivity contribution is -0.135. The molecule has 1 aromatic rings. The van der Waals surface area contributed by atoms with Gasteiger partial charge in [-0.2, -0.15) is 0 Å². The maximum atomic E-state index is 12.4. The number of amides is 2. The summed E-state index contributed by atoms with van der Waals surface area (Å²) in [6.45, 7) is 9.21. The van der Waals surface area contributed by atoms with Crippen LogP contribution in [0, 0.1) is 13.8 Å². The standard InChI is InChI=1S/C20H31N3O4/c1-13-14(2)17(27-5)7-6-15(13)11-23-9-8-21-19(26)16(23)10-18(25)22-20(3,4)12-24/h6-7,16,24H,8-12H2,1-5H3,(H,21,26)(H,22,25). The molecule has 0 saturated carbocycles. The number of hydrogen-bond donors (Lipinski definition) is 3. The van der Waals surface area contributed by atoms with E-state index in [-0.39, 0.29) is 24.8 Å². The van der Waals surface area contributed by atoms with E-state index in [1.807, 2.05) is 30.9 Å². The van der Waals surface area contributed by atoms with Crippen LogP contribution in [0.4, 0.5) is 0 Å². The first-order valence-corrected chi connectivity index (χ1v) is 9.25. The highest BCUT2D eigenvalue weighted by molar-refractivity contribution is 5.89. The Morgan fingerprint density at radius 2 is 2.07 bits per heavy atom. The zero-order valence-corrected chi connectivity index (χ0v) is 16.9. The van der Waals surface area contributed by atoms with Crippen molar-refractivity contribution in [3.8, 4) is 5.75 Å². The van der Waals surface area contributed by atoms with Crippen LogP contribution in [0.15, 0.2) is 12.1 Å². The first-order chi connectivity index (χ1) is 12.7. The van der Waals surface area contributed by atoms with Gasteiger partial charge in [0.05, 0.1) is 31.7 Å². The van der Waals surface area contributed by atoms with Crippen LogP contribution in [0.25, 0.3) is 0 Å². The third-order valence-electron chi connectivity index (χ3n) is 5.14. The maximum Gasteiger partial charge on any atom is 0.237 e. The molecule has 2 rings (SSSR count). The van der Waals surface area contributed by atoms with Gasteiger partial charge in [-0.3, -0.25) is 14.5 Å². The Bertz CT molecular complexity index is 703. The molecule has 1 saturated heterocycles. The Labute approximate surface area is 161 Å². The number of carbonyl (C=O) groups is 2. The highest BCUT2D eigenvalue weighted by Crippen LogP contribution is 2.26. The molecule has 27 heavy (non-hydrogen) atoms. The third-order valence-corrected chi connectivity index (χ3v) is 5.14. The van der Waals surface area contributed by atoms with E-state index in [2.05, 4.69) is 10.6 Å². The Balaban J connectivity index is 2.15. The number of nitrogens with one attached hydrogen (secondary N) is 2. The number of rotatable bonds is 7. The van der Waals surface area contributed by atoms with Gasteiger partial charge in [0.15, 0.2) is 0 Å². The first kappa shape index (κ1) is 21.2. The predicted octanol–water partition coefficient (Wildman–Crippen LogP) is 0.890. The van der Waals surface area contributed by atoms with Gasteiger partial charge in [-0.25, -0.2) is 0 Å². The van der Waals surface area contributed by atoms with Crippen molar-refractivity contribution in [2.24, 2.45) is 0 Å². The third kappa shape index (κ3) is 5.20. The summed E-state index contributed by atoms with van der Waals surface area (Å²) >= 11 is 0. The van der Waals surface area contributed by atoms with E-state index in [1.54, 1.807) is 21.0 Å². The van der Waals surface area contributed by atoms with Crippen LogP contribution in [-0.2, 0) is 16.1 Å². The summed E-state index contributed by atoms with van der Waals surface area (Å²) in [4.78, 5) is 26.8. The number of aliphatic hydroxyl groups is 1. The normalized spacial score (nSPS) is 18.1. The molecule has 1 aliphatic heterocycles. The molecule has 7 heteroatoms. The van der Waals surface area contributed by atoms with E-state index in [4.69, 9.17) is 4.74 Å². The van der Waals surface area contributed by atoms with E-state index < -0.39 is 11.6 Å². The van der Waals surface area contributed by atoms with Gasteiger partial charge in [0.25, 0.3) is 0 Å². The van der Waals surface area contributed by atoms with Crippen molar-refractivity contribution in [3.05, 3.63) is 28.8 Å². The molecule has 1 unspecified atom stereocenters. The summed E-state index contributed by atoms with van der Waals surface area (Å²) in [5.41, 5.74) is 2.61. The Morgan fingerprint density at radius 3 is 2.70 bits per heavy atom. The van der Waals surface area contributed by atoms with Gasteiger partial charge in [-0.1, -0.05) is 6.07 Å². The van der Waals surface area contributed by atoms with E-state index in [9.17, 15) is 14.7 Å². The molecule has 1 fully saturated rings. The largest absolute Gasteiger partial charge is 0.496 e. The lowest BCUT2D eigenvalue weighted by atomic mass is 9.99. The molecule has 1 atom stereocenters. The van der Waals surface area contributed by atoms with Gasteiger partial charge in [0.1, 0.15) is 5.75 Å². The number of piperazine rings is 1. The highest BCUT2D eigenvalue weighted by atomic mass is 16.5. The van der Waals surface area contributed by atoms with Crippen LogP contribution in [-0.4, -0.2) is 60.2 Å². The molecule has 0 radical (unpaired) electrons. The summed E-state index contributed by atoms with van der Waals surface area (Å²) in [5.74, 6) is 0.458. The molecule has 0 bridgehead atoms. The van der Waals surface area contributed by atoms with Crippen LogP contribution in [0.1, 0.15) is 37.0 Å². The second-order valence-electron chi connectivity index (χ2n) is 7.75. The predicted molar refractivity (Wildman–Crippen MR) is 104 cm³/mol. The monoisotopic (exact) mass is 377 g/mol. The van der Waals surface area contributed by atoms with Crippen LogP contribution in [0.3, 0.4) is 0 Å². The van der Waals surface area contributed by atoms with Gasteiger partial charge in [-0.05, 0) is 50.5 Å². The van der Waals surface area contributed by atoms with Gasteiger partial charge in [-0.15, -0.1) is 0 Å². The minimum atomic E-state index is -0.712. The van der Waals surface area contributed by atoms with Crippen molar-refractivity contribution in [3.63, 3.8) is 0 Å². The number of hydrogen-bond acceptors (Lipinski definition) is 5. The lowest BCUT2D eigenvalue weighted by Crippen LogP contribution is -2.57. The average Bonchev–Trinajstić information content (AvgIpc) is 2.61. The fraction of sp³-hybridized carbons (Fsp3) is 0.600. The van der Waals surface area contributed by atoms with Crippen LogP contribution in [0.5, 0.6) is 5.75 Å². The highest BCUT2D eigenvalue weighted by Gasteiger charge is 2.33. The van der Waals surface area contributed by atoms with Crippen LogP contribution in [0.2, 0.25) is 0 Å². The van der Waals surface area contributed by atoms with Crippen molar-refractivity contribution < 1.29 is 19.4 Å². The van der Waals surface area contributed by atoms with Gasteiger partial charge < -0.3 is 20.5 Å². The summed E-state index contributed by atoms with van der Waals surface area (Å²) in [6, 6.07) is 3.42. The SMILES string of the molecule is COc1ccc(CN2CCNC(=O)C2CC(=O)NC(C)(C)CO)c(C)c1C. The van der Waals surface area contributed by atoms with Crippen molar-refractivity contribution in [1.29, 1.82) is 0 Å². The van der Waals surface area contributed by atoms with Crippen molar-refractivity contribution >= 4 is 11.8 Å². The quantitative estimate of drug-likeness (QED) is 0.657. The molecule has 0 aromatic heterocycles. The fourth-order valence-electron chi connectivity index (χ4n) is 3.28. The number of carbonyl (C=O) groups excluding carboxylic acids is 2. The molecule has 0 spiro atoms. The zero-order valence-electron chi connectivity index (χ0n) is 16.9. The van der Waals surface area contributed by atoms with Crippen molar-refractivity contribution in [2.45, 2.75) is 52.2 Å². The number of aliphatic hydroxyl groups excluding tert-OH is 1. The van der Waals surface area contributed by atoms with E-state index in [1.165, 1.54) is 0 Å². The van der Waals surface area contributed by atoms with Gasteiger partial charge in [0.2, 0.25) is 11.8 Å². The minimum absolute atomic E-state index is 0.0590. The molecule has 2 amide bonds. The topological polar surface area (TPSA) is 90.9 Å². The summed E-state index contributed by atoms with van der Waals surface area (Å²) in [5, 5.41) is 15.0. The van der Waals surface area contributed by atoms with E-state index >= 15 is 0 Å². The number of ether oxygens (including phenoxy) is 1. The molecule has 3 N–H and O–H groups in total. The molecule has 1 heterocycles. The molecule has 1 aromatic carbocycles. The number of benzene rings is 1. The Morgan fingerprint density at radius 1 is 1.37 bits per heavy atom. The molecule has 1 aliphatic rings. The zero-order chi connectivity index (χ0) is 20.2. The molecule has 7 nitrogen and oxygen atoms in total. The first-order valence-electron chi connectivity index (χ1n) is 9.25. The average molecular weight is 377 g/mol. The molecule has 150 valence electrons. The van der Waals surface area contributed by atoms with Crippen molar-refractivity contribution in [2.75, 3.05) is 26.8 Å². The second-order valence-corrected chi connectivity index (χ2v) is 7.75. The summed E-state index contributed by atoms with van der Waals surface area (Å²) in [6.07, 6.45) is 0.0590. The molecular formula is C20H31N3O4. The van der Waals surface area contributed by atoms with Crippen molar-refractivity contribution in [1.82, 2.24) is 15.5 Å². The van der Waals surface area contributed by atoms with E-state index in [0.717, 1.165) is 22.4 Å². The Kier molecular flexibility index (Phi) is 6.84. The molecule has 0 aliphatic carbocycles. The lowest BCUT2D eigenvalue weighted by Gasteiger charge is -2.36. The minimum Gasteiger partial charge on any atom is -0.496 e. The smallest absolute Gasteiger partial charge is 0.237 e. The number of methoxy groups -OCH3 is 1. The maximum absolute atomic E-state index is 12.4. The second kappa shape index (κ2) is 8.71. The summed E-state index contributed by atoms with van der Waals surface area (Å²) in [7, 11) is 1.65. The fourth-order valence-corrected chi connectivity index (χ4v) is 3.28. The molecular weight excluding hydrogens is 346 g/mol. The summed E-state index contributed by atoms with van der Waals surface area (Å²) < 4.78 is 5.37. The number of nitrogens with zero attached hydrogens (tertiary/aromatic N) is 1. The van der Waals surface area contributed by atoms with Crippen LogP contribution < -0.4 is 15.4 Å². The van der Waals surface area contributed by atoms with Gasteiger partial charge >= 0.3 is 0 Å².